The van der Waals surface area contributed by atoms with Gasteiger partial charge < -0.3 is 19.5 Å². The summed E-state index contributed by atoms with van der Waals surface area (Å²) < 4.78 is 45.0. The van der Waals surface area contributed by atoms with Crippen molar-refractivity contribution >= 4 is 33.9 Å². The first-order valence-corrected chi connectivity index (χ1v) is 12.5. The Morgan fingerprint density at radius 2 is 1.65 bits per heavy atom. The third kappa shape index (κ3) is 5.23. The number of fused-ring (bicyclic) bond motifs is 1. The van der Waals surface area contributed by atoms with E-state index < -0.39 is 5.82 Å². The summed E-state index contributed by atoms with van der Waals surface area (Å²) in [5.41, 5.74) is 4.73. The molecule has 5 aromatic rings. The topological polar surface area (TPSA) is 91.3 Å². The molecule has 202 valence electrons. The van der Waals surface area contributed by atoms with Gasteiger partial charge in [0.2, 0.25) is 0 Å². The van der Waals surface area contributed by atoms with Gasteiger partial charge in [-0.3, -0.25) is 4.98 Å². The van der Waals surface area contributed by atoms with Crippen LogP contribution in [0.5, 0.6) is 23.1 Å². The van der Waals surface area contributed by atoms with Gasteiger partial charge in [-0.25, -0.2) is 13.8 Å². The van der Waals surface area contributed by atoms with Crippen LogP contribution in [0.4, 0.5) is 14.5 Å². The van der Waals surface area contributed by atoms with E-state index in [4.69, 9.17) is 26.4 Å². The fraction of sp³-hybridized carbons (Fsp3) is 0.138. The number of aryl methyl sites for hydroxylation is 1. The molecular weight excluding hydrogens is 536 g/mol. The summed E-state index contributed by atoms with van der Waals surface area (Å²) in [6, 6.07) is 13.7. The van der Waals surface area contributed by atoms with Crippen LogP contribution in [0.2, 0.25) is 0 Å². The lowest BCUT2D eigenvalue weighted by molar-refractivity contribution is 0.344. The van der Waals surface area contributed by atoms with Gasteiger partial charge in [0.25, 0.3) is 5.88 Å². The Balaban J connectivity index is 1.39. The monoisotopic (exact) mass is 559 g/mol. The van der Waals surface area contributed by atoms with Crippen LogP contribution in [0.15, 0.2) is 60.8 Å². The molecule has 0 unspecified atom stereocenters. The Morgan fingerprint density at radius 1 is 0.875 bits per heavy atom. The second-order valence-electron chi connectivity index (χ2n) is 8.72. The predicted octanol–water partition coefficient (Wildman–Crippen LogP) is 6.58. The molecule has 0 spiro atoms. The molecule has 0 radical (unpaired) electrons. The van der Waals surface area contributed by atoms with E-state index in [1.165, 1.54) is 44.7 Å². The summed E-state index contributed by atoms with van der Waals surface area (Å²) in [7, 11) is 2.97. The second kappa shape index (κ2) is 11.1. The average molecular weight is 560 g/mol. The van der Waals surface area contributed by atoms with Gasteiger partial charge in [-0.15, -0.1) is 5.10 Å². The minimum atomic E-state index is -0.628. The summed E-state index contributed by atoms with van der Waals surface area (Å²) in [6.07, 6.45) is 1.53. The van der Waals surface area contributed by atoms with Crippen molar-refractivity contribution < 1.29 is 23.0 Å². The Hall–Kier alpha value is -4.77. The highest BCUT2D eigenvalue weighted by molar-refractivity contribution is 7.81. The van der Waals surface area contributed by atoms with Gasteiger partial charge in [0.05, 0.1) is 25.4 Å². The second-order valence-corrected chi connectivity index (χ2v) is 9.13. The zero-order valence-corrected chi connectivity index (χ0v) is 22.8. The molecule has 5 rings (SSSR count). The number of rotatable bonds is 7. The third-order valence-corrected chi connectivity index (χ3v) is 6.47. The summed E-state index contributed by atoms with van der Waals surface area (Å²) in [6.45, 7) is 3.68. The van der Waals surface area contributed by atoms with E-state index >= 15 is 4.39 Å². The highest BCUT2D eigenvalue weighted by Crippen LogP contribution is 2.35. The first-order valence-electron chi connectivity index (χ1n) is 12.1. The molecule has 0 saturated heterocycles. The van der Waals surface area contributed by atoms with Crippen molar-refractivity contribution in [3.05, 3.63) is 89.4 Å². The number of hydrogen-bond donors (Lipinski definition) is 1. The number of pyridine rings is 2. The fourth-order valence-corrected chi connectivity index (χ4v) is 4.57. The summed E-state index contributed by atoms with van der Waals surface area (Å²) in [4.78, 5) is 8.95. The largest absolute Gasteiger partial charge is 0.491 e. The van der Waals surface area contributed by atoms with Crippen LogP contribution in [0.3, 0.4) is 0 Å². The van der Waals surface area contributed by atoms with Crippen LogP contribution in [0.25, 0.3) is 22.2 Å². The SMILES string of the molecule is COc1cc2nccc(Oc3ccc(NC(=S)c4nnc(C)c(-c5ccc(F)cc5)c4C)cc3F)c2nc1OC. The highest BCUT2D eigenvalue weighted by atomic mass is 32.1. The van der Waals surface area contributed by atoms with Crippen molar-refractivity contribution in [3.8, 4) is 34.3 Å². The quantitative estimate of drug-likeness (QED) is 0.222. The van der Waals surface area contributed by atoms with E-state index in [2.05, 4.69) is 25.5 Å². The molecule has 0 aliphatic heterocycles. The molecule has 0 aliphatic rings. The Kier molecular flexibility index (Phi) is 7.47. The molecule has 11 heteroatoms. The van der Waals surface area contributed by atoms with Crippen molar-refractivity contribution in [2.75, 3.05) is 19.5 Å². The van der Waals surface area contributed by atoms with E-state index in [0.717, 1.165) is 16.7 Å². The van der Waals surface area contributed by atoms with Gasteiger partial charge in [-0.1, -0.05) is 24.4 Å². The Morgan fingerprint density at radius 3 is 2.35 bits per heavy atom. The van der Waals surface area contributed by atoms with Gasteiger partial charge in [0.1, 0.15) is 22.0 Å². The van der Waals surface area contributed by atoms with Crippen LogP contribution >= 0.6 is 12.2 Å². The van der Waals surface area contributed by atoms with Crippen molar-refractivity contribution in [1.29, 1.82) is 0 Å². The van der Waals surface area contributed by atoms with E-state index in [-0.39, 0.29) is 22.4 Å². The third-order valence-electron chi connectivity index (χ3n) is 6.17. The van der Waals surface area contributed by atoms with Gasteiger partial charge in [0, 0.05) is 35.6 Å². The Bertz CT molecular complexity index is 1750. The molecule has 0 saturated carbocycles. The molecule has 1 N–H and O–H groups in total. The normalized spacial score (nSPS) is 10.8. The van der Waals surface area contributed by atoms with Crippen LogP contribution in [-0.4, -0.2) is 39.4 Å². The number of methoxy groups -OCH3 is 2. The zero-order chi connectivity index (χ0) is 28.4. The summed E-state index contributed by atoms with van der Waals surface area (Å²) >= 11 is 5.58. The molecule has 8 nitrogen and oxygen atoms in total. The van der Waals surface area contributed by atoms with E-state index in [0.29, 0.717) is 39.6 Å². The number of ether oxygens (including phenoxy) is 3. The van der Waals surface area contributed by atoms with E-state index in [1.54, 1.807) is 30.3 Å². The number of anilines is 1. The first-order chi connectivity index (χ1) is 19.3. The number of hydrogen-bond acceptors (Lipinski definition) is 8. The molecule has 3 heterocycles. The van der Waals surface area contributed by atoms with Crippen LogP contribution in [0.1, 0.15) is 17.0 Å². The number of halogens is 2. The highest BCUT2D eigenvalue weighted by Gasteiger charge is 2.18. The van der Waals surface area contributed by atoms with Gasteiger partial charge in [-0.2, -0.15) is 5.10 Å². The van der Waals surface area contributed by atoms with Crippen LogP contribution < -0.4 is 19.5 Å². The standard InChI is InChI=1S/C29H23F2N5O3S/c1-15-25(17-5-7-18(30)8-6-17)16(2)35-36-26(15)29(40)33-19-9-10-22(20(31)13-19)39-23-11-12-32-21-14-24(37-3)28(38-4)34-27(21)23/h5-14H,1-4H3,(H,33,40). The van der Waals surface area contributed by atoms with Gasteiger partial charge >= 0.3 is 0 Å². The van der Waals surface area contributed by atoms with Crippen LogP contribution in [0, 0.1) is 25.5 Å². The Labute approximate surface area is 234 Å². The molecule has 2 aromatic carbocycles. The van der Waals surface area contributed by atoms with Crippen molar-refractivity contribution in [3.63, 3.8) is 0 Å². The molecule has 40 heavy (non-hydrogen) atoms. The molecule has 0 amide bonds. The zero-order valence-electron chi connectivity index (χ0n) is 22.0. The van der Waals surface area contributed by atoms with Crippen molar-refractivity contribution in [2.24, 2.45) is 0 Å². The maximum absolute atomic E-state index is 15.2. The average Bonchev–Trinajstić information content (AvgIpc) is 2.94. The summed E-state index contributed by atoms with van der Waals surface area (Å²) in [5.74, 6) is -0.0300. The minimum absolute atomic E-state index is 0.0227. The first kappa shape index (κ1) is 26.8. The van der Waals surface area contributed by atoms with E-state index in [9.17, 15) is 4.39 Å². The van der Waals surface area contributed by atoms with Crippen molar-refractivity contribution in [1.82, 2.24) is 20.2 Å². The number of benzene rings is 2. The molecule has 0 atom stereocenters. The van der Waals surface area contributed by atoms with Crippen LogP contribution in [-0.2, 0) is 0 Å². The predicted molar refractivity (Wildman–Crippen MR) is 151 cm³/mol. The molecule has 0 aliphatic carbocycles. The number of aromatic nitrogens is 4. The lowest BCUT2D eigenvalue weighted by atomic mass is 9.98. The van der Waals surface area contributed by atoms with Gasteiger partial charge in [0.15, 0.2) is 23.1 Å². The van der Waals surface area contributed by atoms with Crippen molar-refractivity contribution in [2.45, 2.75) is 13.8 Å². The smallest absolute Gasteiger partial charge is 0.257 e. The lowest BCUT2D eigenvalue weighted by Crippen LogP contribution is -2.16. The molecule has 0 bridgehead atoms. The number of nitrogens with one attached hydrogen (secondary N) is 1. The minimum Gasteiger partial charge on any atom is -0.491 e. The summed E-state index contributed by atoms with van der Waals surface area (Å²) in [5, 5.41) is 11.5. The number of thiocarbonyl (C=S) groups is 1. The fourth-order valence-electron chi connectivity index (χ4n) is 4.25. The molecule has 0 fully saturated rings. The lowest BCUT2D eigenvalue weighted by Gasteiger charge is -2.15. The van der Waals surface area contributed by atoms with E-state index in [1.807, 2.05) is 13.8 Å². The molecule has 3 aromatic heterocycles. The maximum atomic E-state index is 15.2. The maximum Gasteiger partial charge on any atom is 0.257 e. The molecular formula is C29H23F2N5O3S. The number of nitrogens with zero attached hydrogens (tertiary/aromatic N) is 4. The van der Waals surface area contributed by atoms with Gasteiger partial charge in [-0.05, 0) is 49.2 Å².